The Morgan fingerprint density at radius 3 is 2.38 bits per heavy atom. The molecule has 6 rings (SSSR count). The summed E-state index contributed by atoms with van der Waals surface area (Å²) in [5.74, 6) is 2.35. The van der Waals surface area contributed by atoms with Gasteiger partial charge in [-0.25, -0.2) is 19.9 Å². The van der Waals surface area contributed by atoms with Gasteiger partial charge in [0.2, 0.25) is 5.95 Å². The minimum atomic E-state index is 0.516. The minimum Gasteiger partial charge on any atom is -0.325 e. The maximum absolute atomic E-state index is 4.60. The van der Waals surface area contributed by atoms with Gasteiger partial charge < -0.3 is 16.0 Å². The summed E-state index contributed by atoms with van der Waals surface area (Å²) in [6.07, 6.45) is 7.39. The van der Waals surface area contributed by atoms with Crippen molar-refractivity contribution in [2.24, 2.45) is 0 Å². The number of aryl methyl sites for hydroxylation is 1. The summed E-state index contributed by atoms with van der Waals surface area (Å²) in [4.78, 5) is 25.0. The molecule has 2 aliphatic rings. The topological polar surface area (TPSA) is 104 Å². The summed E-state index contributed by atoms with van der Waals surface area (Å²) < 4.78 is 0. The van der Waals surface area contributed by atoms with Crippen LogP contribution in [0.4, 0.5) is 23.3 Å². The van der Waals surface area contributed by atoms with Crippen molar-refractivity contribution in [3.8, 4) is 11.5 Å². The quantitative estimate of drug-likeness (QED) is 0.344. The number of piperidine rings is 1. The number of aromatic nitrogens is 5. The lowest BCUT2D eigenvalue weighted by Gasteiger charge is -2.42. The van der Waals surface area contributed by atoms with Gasteiger partial charge in [-0.15, -0.1) is 0 Å². The molecule has 2 bridgehead atoms. The second-order valence-electron chi connectivity index (χ2n) is 9.83. The first kappa shape index (κ1) is 23.4. The lowest BCUT2D eigenvalue weighted by molar-refractivity contribution is 0.119. The Bertz CT molecular complexity index is 1350. The summed E-state index contributed by atoms with van der Waals surface area (Å²) in [6, 6.07) is 19.3. The van der Waals surface area contributed by atoms with E-state index in [0.717, 1.165) is 36.7 Å². The van der Waals surface area contributed by atoms with Crippen molar-refractivity contribution in [1.82, 2.24) is 35.1 Å². The average molecular weight is 494 g/mol. The SMILES string of the molecule is Cc1cccc(-c2nccc(Nc3ccnc(Nc4ccc(CN5CC6CCCC(C5)N6)cc4)n3)n2)n1. The molecule has 3 aromatic heterocycles. The fourth-order valence-corrected chi connectivity index (χ4v) is 5.15. The zero-order valence-corrected chi connectivity index (χ0v) is 20.9. The van der Waals surface area contributed by atoms with Crippen LogP contribution in [-0.4, -0.2) is 55.0 Å². The molecule has 4 aromatic rings. The van der Waals surface area contributed by atoms with E-state index in [0.29, 0.717) is 35.5 Å². The Kier molecular flexibility index (Phi) is 6.70. The van der Waals surface area contributed by atoms with E-state index in [4.69, 9.17) is 0 Å². The van der Waals surface area contributed by atoms with Gasteiger partial charge >= 0.3 is 0 Å². The zero-order valence-electron chi connectivity index (χ0n) is 20.9. The normalized spacial score (nSPS) is 19.4. The Balaban J connectivity index is 1.09. The van der Waals surface area contributed by atoms with Crippen molar-refractivity contribution in [2.75, 3.05) is 23.7 Å². The van der Waals surface area contributed by atoms with Crippen molar-refractivity contribution in [3.05, 3.63) is 78.2 Å². The van der Waals surface area contributed by atoms with Crippen molar-refractivity contribution in [3.63, 3.8) is 0 Å². The third-order valence-electron chi connectivity index (χ3n) is 6.83. The number of likely N-dealkylation sites (tertiary alicyclic amines) is 1. The Hall–Kier alpha value is -3.95. The van der Waals surface area contributed by atoms with Crippen LogP contribution in [0, 0.1) is 6.92 Å². The highest BCUT2D eigenvalue weighted by atomic mass is 15.2. The molecule has 2 aliphatic heterocycles. The van der Waals surface area contributed by atoms with E-state index in [2.05, 4.69) is 70.0 Å². The predicted molar refractivity (Wildman–Crippen MR) is 145 cm³/mol. The number of anilines is 4. The van der Waals surface area contributed by atoms with E-state index < -0.39 is 0 Å². The molecular weight excluding hydrogens is 462 g/mol. The van der Waals surface area contributed by atoms with Gasteiger partial charge in [0.15, 0.2) is 5.82 Å². The second-order valence-corrected chi connectivity index (χ2v) is 9.83. The molecular formula is C28H31N9. The number of piperazine rings is 1. The molecule has 3 N–H and O–H groups in total. The Morgan fingerprint density at radius 2 is 1.59 bits per heavy atom. The minimum absolute atomic E-state index is 0.516. The van der Waals surface area contributed by atoms with Gasteiger partial charge in [-0.05, 0) is 61.7 Å². The van der Waals surface area contributed by atoms with Gasteiger partial charge in [-0.2, -0.15) is 4.98 Å². The third kappa shape index (κ3) is 5.90. The molecule has 37 heavy (non-hydrogen) atoms. The molecule has 2 atom stereocenters. The van der Waals surface area contributed by atoms with Crippen molar-refractivity contribution in [2.45, 2.75) is 44.8 Å². The maximum Gasteiger partial charge on any atom is 0.229 e. The fraction of sp³-hybridized carbons (Fsp3) is 0.321. The number of hydrogen-bond donors (Lipinski definition) is 3. The molecule has 2 saturated heterocycles. The Morgan fingerprint density at radius 1 is 0.838 bits per heavy atom. The van der Waals surface area contributed by atoms with Crippen molar-refractivity contribution < 1.29 is 0 Å². The van der Waals surface area contributed by atoms with E-state index >= 15 is 0 Å². The van der Waals surface area contributed by atoms with Crippen LogP contribution in [-0.2, 0) is 6.54 Å². The molecule has 0 saturated carbocycles. The second kappa shape index (κ2) is 10.6. The summed E-state index contributed by atoms with van der Waals surface area (Å²) in [7, 11) is 0. The molecule has 0 aliphatic carbocycles. The van der Waals surface area contributed by atoms with Gasteiger partial charge in [0.05, 0.1) is 0 Å². The number of rotatable bonds is 7. The van der Waals surface area contributed by atoms with E-state index in [9.17, 15) is 0 Å². The first-order valence-corrected chi connectivity index (χ1v) is 12.9. The highest BCUT2D eigenvalue weighted by Crippen LogP contribution is 2.23. The summed E-state index contributed by atoms with van der Waals surface area (Å²) in [5, 5.41) is 10.3. The maximum atomic E-state index is 4.60. The van der Waals surface area contributed by atoms with Crippen LogP contribution in [0.5, 0.6) is 0 Å². The number of nitrogens with one attached hydrogen (secondary N) is 3. The highest BCUT2D eigenvalue weighted by molar-refractivity contribution is 5.59. The van der Waals surface area contributed by atoms with Gasteiger partial charge in [0, 0.05) is 55.5 Å². The zero-order chi connectivity index (χ0) is 25.0. The molecule has 188 valence electrons. The van der Waals surface area contributed by atoms with Crippen LogP contribution in [0.15, 0.2) is 67.0 Å². The smallest absolute Gasteiger partial charge is 0.229 e. The molecule has 0 radical (unpaired) electrons. The number of pyridine rings is 1. The molecule has 5 heterocycles. The highest BCUT2D eigenvalue weighted by Gasteiger charge is 2.29. The lowest BCUT2D eigenvalue weighted by atomic mass is 9.94. The van der Waals surface area contributed by atoms with Crippen LogP contribution < -0.4 is 16.0 Å². The number of benzene rings is 1. The van der Waals surface area contributed by atoms with Gasteiger partial charge in [0.25, 0.3) is 0 Å². The fourth-order valence-electron chi connectivity index (χ4n) is 5.15. The van der Waals surface area contributed by atoms with Gasteiger partial charge in [-0.3, -0.25) is 4.90 Å². The molecule has 9 heteroatoms. The van der Waals surface area contributed by atoms with Crippen LogP contribution >= 0.6 is 0 Å². The predicted octanol–water partition coefficient (Wildman–Crippen LogP) is 4.45. The van der Waals surface area contributed by atoms with Crippen LogP contribution in [0.1, 0.15) is 30.5 Å². The van der Waals surface area contributed by atoms with E-state index in [-0.39, 0.29) is 0 Å². The number of nitrogens with zero attached hydrogens (tertiary/aromatic N) is 6. The summed E-state index contributed by atoms with van der Waals surface area (Å²) in [5.41, 5.74) is 3.93. The summed E-state index contributed by atoms with van der Waals surface area (Å²) in [6.45, 7) is 5.22. The average Bonchev–Trinajstić information content (AvgIpc) is 2.90. The van der Waals surface area contributed by atoms with Crippen LogP contribution in [0.2, 0.25) is 0 Å². The monoisotopic (exact) mass is 493 g/mol. The number of fused-ring (bicyclic) bond motifs is 2. The molecule has 0 spiro atoms. The standard InChI is InChI=1S/C28H31N9/c1-19-4-2-7-24(31-19)27-29-14-12-25(35-27)34-26-13-15-30-28(36-26)33-21-10-8-20(9-11-21)16-37-17-22-5-3-6-23(18-37)32-22/h2,4,7-15,22-23,32H,3,5-6,16-18H2,1H3,(H2,29,30,33,34,35,36). The van der Waals surface area contributed by atoms with E-state index in [1.54, 1.807) is 18.5 Å². The molecule has 2 fully saturated rings. The molecule has 0 amide bonds. The third-order valence-corrected chi connectivity index (χ3v) is 6.83. The lowest BCUT2D eigenvalue weighted by Crippen LogP contribution is -2.58. The van der Waals surface area contributed by atoms with E-state index in [1.807, 2.05) is 31.2 Å². The Labute approximate surface area is 216 Å². The van der Waals surface area contributed by atoms with Crippen molar-refractivity contribution >= 4 is 23.3 Å². The largest absolute Gasteiger partial charge is 0.325 e. The molecule has 1 aromatic carbocycles. The first-order valence-electron chi connectivity index (χ1n) is 12.9. The first-order chi connectivity index (χ1) is 18.2. The summed E-state index contributed by atoms with van der Waals surface area (Å²) >= 11 is 0. The van der Waals surface area contributed by atoms with Crippen molar-refractivity contribution in [1.29, 1.82) is 0 Å². The molecule has 2 unspecified atom stereocenters. The van der Waals surface area contributed by atoms with E-state index in [1.165, 1.54) is 24.8 Å². The van der Waals surface area contributed by atoms with Crippen LogP contribution in [0.3, 0.4) is 0 Å². The van der Waals surface area contributed by atoms with Crippen LogP contribution in [0.25, 0.3) is 11.5 Å². The van der Waals surface area contributed by atoms with Gasteiger partial charge in [0.1, 0.15) is 17.3 Å². The number of hydrogen-bond acceptors (Lipinski definition) is 9. The molecule has 9 nitrogen and oxygen atoms in total. The van der Waals surface area contributed by atoms with Gasteiger partial charge in [-0.1, -0.05) is 24.6 Å².